The Morgan fingerprint density at radius 2 is 1.88 bits per heavy atom. The Labute approximate surface area is 100 Å². The van der Waals surface area contributed by atoms with Crippen molar-refractivity contribution in [2.45, 2.75) is 18.7 Å². The quantitative estimate of drug-likeness (QED) is 0.770. The van der Waals surface area contributed by atoms with Crippen LogP contribution in [0.2, 0.25) is 0 Å². The topological polar surface area (TPSA) is 46.3 Å². The molecule has 0 saturated heterocycles. The number of nitrogen functional groups attached to an aromatic ring is 1. The molecule has 0 aliphatic rings. The average Bonchev–Trinajstić information content (AvgIpc) is 2.30. The third kappa shape index (κ3) is 3.61. The van der Waals surface area contributed by atoms with Crippen LogP contribution in [-0.2, 0) is 10.8 Å². The van der Waals surface area contributed by atoms with Crippen molar-refractivity contribution in [3.05, 3.63) is 24.3 Å². The first-order valence-electron chi connectivity index (χ1n) is 5.64. The number of anilines is 1. The van der Waals surface area contributed by atoms with Gasteiger partial charge in [0, 0.05) is 18.0 Å². The van der Waals surface area contributed by atoms with Gasteiger partial charge in [-0.05, 0) is 25.2 Å². The molecule has 0 bridgehead atoms. The normalized spacial score (nSPS) is 12.9. The first kappa shape index (κ1) is 13.2. The lowest BCUT2D eigenvalue weighted by Crippen LogP contribution is -2.27. The molecule has 0 amide bonds. The number of benzene rings is 1. The van der Waals surface area contributed by atoms with Crippen molar-refractivity contribution in [2.24, 2.45) is 0 Å². The van der Waals surface area contributed by atoms with Gasteiger partial charge in [-0.25, -0.2) is 0 Å². The molecular weight excluding hydrogens is 220 g/mol. The van der Waals surface area contributed by atoms with Crippen molar-refractivity contribution in [2.75, 3.05) is 31.1 Å². The van der Waals surface area contributed by atoms with Crippen LogP contribution in [0.5, 0.6) is 0 Å². The second kappa shape index (κ2) is 6.66. The molecule has 1 atom stereocenters. The van der Waals surface area contributed by atoms with Crippen molar-refractivity contribution in [3.63, 3.8) is 0 Å². The van der Waals surface area contributed by atoms with Gasteiger partial charge in [-0.2, -0.15) is 0 Å². The summed E-state index contributed by atoms with van der Waals surface area (Å²) in [4.78, 5) is 3.02. The molecule has 1 rings (SSSR count). The van der Waals surface area contributed by atoms with Gasteiger partial charge in [0.2, 0.25) is 0 Å². The second-order valence-corrected chi connectivity index (χ2v) is 5.15. The fraction of sp³-hybridized carbons (Fsp3) is 0.500. The van der Waals surface area contributed by atoms with E-state index >= 15 is 0 Å². The van der Waals surface area contributed by atoms with Crippen LogP contribution in [0, 0.1) is 0 Å². The van der Waals surface area contributed by atoms with Crippen LogP contribution >= 0.6 is 0 Å². The van der Waals surface area contributed by atoms with Crippen molar-refractivity contribution >= 4 is 16.5 Å². The summed E-state index contributed by atoms with van der Waals surface area (Å²) in [7, 11) is -0.985. The van der Waals surface area contributed by atoms with Crippen LogP contribution < -0.4 is 5.73 Å². The molecule has 0 aromatic heterocycles. The summed E-state index contributed by atoms with van der Waals surface area (Å²) in [6, 6.07) is 7.37. The molecular formula is C12H20N2OS. The number of nitrogens with two attached hydrogens (primary N) is 1. The fourth-order valence-corrected chi connectivity index (χ4v) is 2.75. The van der Waals surface area contributed by atoms with E-state index in [-0.39, 0.29) is 0 Å². The zero-order chi connectivity index (χ0) is 12.0. The monoisotopic (exact) mass is 240 g/mol. The molecule has 0 saturated carbocycles. The number of hydrogen-bond acceptors (Lipinski definition) is 3. The van der Waals surface area contributed by atoms with Crippen LogP contribution in [0.1, 0.15) is 13.8 Å². The van der Waals surface area contributed by atoms with Gasteiger partial charge in [0.05, 0.1) is 15.7 Å². The smallest absolute Gasteiger partial charge is 0.0617 e. The highest BCUT2D eigenvalue weighted by atomic mass is 32.2. The van der Waals surface area contributed by atoms with Crippen LogP contribution in [0.4, 0.5) is 5.69 Å². The number of hydrogen-bond donors (Lipinski definition) is 1. The third-order valence-corrected chi connectivity index (χ3v) is 4.07. The Hall–Kier alpha value is -0.870. The van der Waals surface area contributed by atoms with E-state index in [2.05, 4.69) is 18.7 Å². The third-order valence-electron chi connectivity index (χ3n) is 2.65. The molecule has 0 radical (unpaired) electrons. The minimum absolute atomic E-state index is 0.625. The predicted octanol–water partition coefficient (Wildman–Crippen LogP) is 1.72. The molecule has 4 heteroatoms. The lowest BCUT2D eigenvalue weighted by atomic mass is 10.3. The highest BCUT2D eigenvalue weighted by Gasteiger charge is 2.08. The fourth-order valence-electron chi connectivity index (χ4n) is 1.55. The molecule has 0 heterocycles. The molecule has 1 unspecified atom stereocenters. The molecule has 3 nitrogen and oxygen atoms in total. The lowest BCUT2D eigenvalue weighted by Gasteiger charge is -2.17. The Kier molecular flexibility index (Phi) is 5.49. The minimum atomic E-state index is -0.985. The predicted molar refractivity (Wildman–Crippen MR) is 69.9 cm³/mol. The van der Waals surface area contributed by atoms with Crippen molar-refractivity contribution in [1.29, 1.82) is 0 Å². The number of para-hydroxylation sites is 1. The summed E-state index contributed by atoms with van der Waals surface area (Å²) in [5.74, 6) is 0.649. The van der Waals surface area contributed by atoms with E-state index in [0.717, 1.165) is 24.5 Å². The summed E-state index contributed by atoms with van der Waals surface area (Å²) >= 11 is 0. The van der Waals surface area contributed by atoms with Crippen LogP contribution in [-0.4, -0.2) is 34.5 Å². The molecule has 2 N–H and O–H groups in total. The summed E-state index contributed by atoms with van der Waals surface area (Å²) in [6.45, 7) is 7.08. The Balaban J connectivity index is 2.56. The maximum absolute atomic E-state index is 12.0. The molecule has 0 spiro atoms. The van der Waals surface area contributed by atoms with E-state index in [1.54, 1.807) is 6.07 Å². The van der Waals surface area contributed by atoms with E-state index in [1.165, 1.54) is 0 Å². The maximum Gasteiger partial charge on any atom is 0.0617 e. The van der Waals surface area contributed by atoms with E-state index in [0.29, 0.717) is 11.4 Å². The van der Waals surface area contributed by atoms with Crippen LogP contribution in [0.15, 0.2) is 29.2 Å². The highest BCUT2D eigenvalue weighted by molar-refractivity contribution is 7.85. The zero-order valence-corrected chi connectivity index (χ0v) is 10.8. The van der Waals surface area contributed by atoms with Gasteiger partial charge in [0.15, 0.2) is 0 Å². The van der Waals surface area contributed by atoms with Gasteiger partial charge in [-0.3, -0.25) is 4.21 Å². The number of nitrogens with zero attached hydrogens (tertiary/aromatic N) is 1. The maximum atomic E-state index is 12.0. The van der Waals surface area contributed by atoms with Crippen LogP contribution in [0.25, 0.3) is 0 Å². The largest absolute Gasteiger partial charge is 0.398 e. The SMILES string of the molecule is CCN(CC)CCS(=O)c1ccccc1N. The Morgan fingerprint density at radius 1 is 1.25 bits per heavy atom. The van der Waals surface area contributed by atoms with Crippen molar-refractivity contribution in [1.82, 2.24) is 4.90 Å². The van der Waals surface area contributed by atoms with Gasteiger partial charge in [0.25, 0.3) is 0 Å². The van der Waals surface area contributed by atoms with Crippen molar-refractivity contribution < 1.29 is 4.21 Å². The molecule has 1 aromatic rings. The summed E-state index contributed by atoms with van der Waals surface area (Å²) in [6.07, 6.45) is 0. The molecule has 1 aromatic carbocycles. The van der Waals surface area contributed by atoms with Gasteiger partial charge in [0.1, 0.15) is 0 Å². The van der Waals surface area contributed by atoms with E-state index in [9.17, 15) is 4.21 Å². The molecule has 0 aliphatic carbocycles. The van der Waals surface area contributed by atoms with Crippen molar-refractivity contribution in [3.8, 4) is 0 Å². The van der Waals surface area contributed by atoms with Crippen LogP contribution in [0.3, 0.4) is 0 Å². The molecule has 0 fully saturated rings. The standard InChI is InChI=1S/C12H20N2OS/c1-3-14(4-2)9-10-16(15)12-8-6-5-7-11(12)13/h5-8H,3-4,9-10,13H2,1-2H3. The Bertz CT molecular complexity index is 351. The van der Waals surface area contributed by atoms with Gasteiger partial charge < -0.3 is 10.6 Å². The summed E-state index contributed by atoms with van der Waals surface area (Å²) < 4.78 is 12.0. The molecule has 16 heavy (non-hydrogen) atoms. The first-order chi connectivity index (χ1) is 7.69. The van der Waals surface area contributed by atoms with Gasteiger partial charge >= 0.3 is 0 Å². The zero-order valence-electron chi connectivity index (χ0n) is 9.98. The van der Waals surface area contributed by atoms with E-state index in [1.807, 2.05) is 18.2 Å². The lowest BCUT2D eigenvalue weighted by molar-refractivity contribution is 0.323. The molecule has 0 aliphatic heterocycles. The van der Waals surface area contributed by atoms with E-state index < -0.39 is 10.8 Å². The first-order valence-corrected chi connectivity index (χ1v) is 6.96. The summed E-state index contributed by atoms with van der Waals surface area (Å²) in [5.41, 5.74) is 6.41. The van der Waals surface area contributed by atoms with Gasteiger partial charge in [-0.1, -0.05) is 26.0 Å². The number of rotatable bonds is 6. The van der Waals surface area contributed by atoms with E-state index in [4.69, 9.17) is 5.73 Å². The average molecular weight is 240 g/mol. The molecule has 90 valence electrons. The second-order valence-electron chi connectivity index (χ2n) is 3.61. The minimum Gasteiger partial charge on any atom is -0.398 e. The highest BCUT2D eigenvalue weighted by Crippen LogP contribution is 2.15. The Morgan fingerprint density at radius 3 is 2.44 bits per heavy atom. The summed E-state index contributed by atoms with van der Waals surface area (Å²) in [5, 5.41) is 0. The van der Waals surface area contributed by atoms with Gasteiger partial charge in [-0.15, -0.1) is 0 Å².